The molecule has 1 N–H and O–H groups in total. The van der Waals surface area contributed by atoms with E-state index in [4.69, 9.17) is 4.84 Å². The number of nitrogens with one attached hydrogen (secondary N) is 1. The molecular weight excluding hydrogens is 162 g/mol. The van der Waals surface area contributed by atoms with Gasteiger partial charge in [0, 0.05) is 6.04 Å². The van der Waals surface area contributed by atoms with Crippen LogP contribution in [0.15, 0.2) is 0 Å². The van der Waals surface area contributed by atoms with Crippen molar-refractivity contribution in [1.82, 2.24) is 5.48 Å². The highest BCUT2D eigenvalue weighted by molar-refractivity contribution is 4.95. The van der Waals surface area contributed by atoms with Gasteiger partial charge in [-0.2, -0.15) is 5.48 Å². The van der Waals surface area contributed by atoms with Crippen LogP contribution in [0.25, 0.3) is 0 Å². The Morgan fingerprint density at radius 3 is 1.85 bits per heavy atom. The van der Waals surface area contributed by atoms with E-state index in [9.17, 15) is 0 Å². The Bertz CT molecular complexity index is 165. The van der Waals surface area contributed by atoms with Crippen LogP contribution >= 0.6 is 0 Å². The Hall–Kier alpha value is -0.0800. The molecule has 0 unspecified atom stereocenters. The Labute approximate surface area is 81.0 Å². The van der Waals surface area contributed by atoms with Crippen molar-refractivity contribution >= 4 is 0 Å². The van der Waals surface area contributed by atoms with Crippen LogP contribution in [-0.2, 0) is 4.84 Å². The van der Waals surface area contributed by atoms with E-state index in [0.29, 0.717) is 6.04 Å². The van der Waals surface area contributed by atoms with E-state index in [1.165, 1.54) is 25.7 Å². The zero-order valence-corrected chi connectivity index (χ0v) is 8.97. The van der Waals surface area contributed by atoms with Crippen molar-refractivity contribution < 1.29 is 4.84 Å². The first-order valence-electron chi connectivity index (χ1n) is 5.50. The van der Waals surface area contributed by atoms with Gasteiger partial charge in [0.05, 0.1) is 5.60 Å². The summed E-state index contributed by atoms with van der Waals surface area (Å²) in [4.78, 5) is 5.64. The second kappa shape index (κ2) is 3.25. The summed E-state index contributed by atoms with van der Waals surface area (Å²) in [6.07, 6.45) is 5.62. The predicted octanol–water partition coefficient (Wildman–Crippen LogP) is 2.49. The second-order valence-corrected chi connectivity index (χ2v) is 5.53. The van der Waals surface area contributed by atoms with E-state index in [2.05, 4.69) is 26.3 Å². The van der Waals surface area contributed by atoms with Crippen molar-refractivity contribution in [2.75, 3.05) is 0 Å². The number of hydrogen-bond donors (Lipinski definition) is 1. The first kappa shape index (κ1) is 9.47. The summed E-state index contributed by atoms with van der Waals surface area (Å²) in [5.74, 6) is 1.82. The third-order valence-electron chi connectivity index (χ3n) is 2.76. The van der Waals surface area contributed by atoms with E-state index >= 15 is 0 Å². The first-order chi connectivity index (χ1) is 6.06. The zero-order chi connectivity index (χ0) is 9.47. The Morgan fingerprint density at radius 2 is 1.54 bits per heavy atom. The van der Waals surface area contributed by atoms with Crippen molar-refractivity contribution in [1.29, 1.82) is 0 Å². The van der Waals surface area contributed by atoms with Gasteiger partial charge >= 0.3 is 0 Å². The Kier molecular flexibility index (Phi) is 2.37. The molecule has 2 aliphatic rings. The number of rotatable bonds is 4. The van der Waals surface area contributed by atoms with Crippen LogP contribution in [0.1, 0.15) is 46.5 Å². The summed E-state index contributed by atoms with van der Waals surface area (Å²) < 4.78 is 0. The van der Waals surface area contributed by atoms with Crippen LogP contribution < -0.4 is 5.48 Å². The predicted molar refractivity (Wildman–Crippen MR) is 53.2 cm³/mol. The quantitative estimate of drug-likeness (QED) is 0.676. The maximum Gasteiger partial charge on any atom is 0.0813 e. The molecule has 0 aromatic heterocycles. The largest absolute Gasteiger partial charge is 0.296 e. The molecule has 76 valence electrons. The third-order valence-corrected chi connectivity index (χ3v) is 2.76. The molecule has 2 aliphatic carbocycles. The van der Waals surface area contributed by atoms with E-state index in [1.807, 2.05) is 0 Å². The van der Waals surface area contributed by atoms with Gasteiger partial charge in [-0.15, -0.1) is 0 Å². The van der Waals surface area contributed by atoms with Crippen LogP contribution in [0.2, 0.25) is 0 Å². The van der Waals surface area contributed by atoms with Gasteiger partial charge in [0.2, 0.25) is 0 Å². The van der Waals surface area contributed by atoms with Gasteiger partial charge in [-0.1, -0.05) is 0 Å². The highest BCUT2D eigenvalue weighted by Gasteiger charge is 2.42. The van der Waals surface area contributed by atoms with Crippen LogP contribution in [0.4, 0.5) is 0 Å². The molecule has 2 nitrogen and oxygen atoms in total. The van der Waals surface area contributed by atoms with Crippen LogP contribution in [0, 0.1) is 11.8 Å². The third kappa shape index (κ3) is 2.96. The van der Waals surface area contributed by atoms with Gasteiger partial charge in [-0.05, 0) is 58.3 Å². The molecule has 2 rings (SSSR count). The smallest absolute Gasteiger partial charge is 0.0813 e. The van der Waals surface area contributed by atoms with Gasteiger partial charge in [-0.3, -0.25) is 4.84 Å². The van der Waals surface area contributed by atoms with Gasteiger partial charge < -0.3 is 0 Å². The Balaban J connectivity index is 1.76. The monoisotopic (exact) mass is 183 g/mol. The normalized spacial score (nSPS) is 24.0. The lowest BCUT2D eigenvalue weighted by Crippen LogP contribution is -2.39. The molecule has 0 saturated heterocycles. The number of hydroxylamine groups is 1. The summed E-state index contributed by atoms with van der Waals surface area (Å²) >= 11 is 0. The summed E-state index contributed by atoms with van der Waals surface area (Å²) in [6.45, 7) is 6.28. The summed E-state index contributed by atoms with van der Waals surface area (Å²) in [5, 5.41) is 0. The standard InChI is InChI=1S/C11H21NO/c1-11(2,3)13-12-10(8-4-5-8)9-6-7-9/h8-10,12H,4-7H2,1-3H3. The maximum atomic E-state index is 5.64. The van der Waals surface area contributed by atoms with E-state index in [-0.39, 0.29) is 5.60 Å². The molecule has 13 heavy (non-hydrogen) atoms. The molecule has 0 heterocycles. The lowest BCUT2D eigenvalue weighted by atomic mass is 10.1. The minimum Gasteiger partial charge on any atom is -0.296 e. The van der Waals surface area contributed by atoms with E-state index < -0.39 is 0 Å². The first-order valence-corrected chi connectivity index (χ1v) is 5.50. The molecule has 2 fully saturated rings. The molecular formula is C11H21NO. The van der Waals surface area contributed by atoms with E-state index in [0.717, 1.165) is 11.8 Å². The minimum absolute atomic E-state index is 0.0535. The van der Waals surface area contributed by atoms with Crippen LogP contribution in [0.3, 0.4) is 0 Å². The molecule has 0 aromatic carbocycles. The zero-order valence-electron chi connectivity index (χ0n) is 8.97. The molecule has 2 heteroatoms. The minimum atomic E-state index is -0.0535. The lowest BCUT2D eigenvalue weighted by Gasteiger charge is -2.25. The fourth-order valence-electron chi connectivity index (χ4n) is 1.73. The van der Waals surface area contributed by atoms with Gasteiger partial charge in [0.15, 0.2) is 0 Å². The van der Waals surface area contributed by atoms with Crippen molar-refractivity contribution in [2.45, 2.75) is 58.1 Å². The summed E-state index contributed by atoms with van der Waals surface area (Å²) in [7, 11) is 0. The fraction of sp³-hybridized carbons (Fsp3) is 1.00. The second-order valence-electron chi connectivity index (χ2n) is 5.53. The van der Waals surface area contributed by atoms with Crippen molar-refractivity contribution in [3.63, 3.8) is 0 Å². The highest BCUT2D eigenvalue weighted by atomic mass is 16.7. The highest BCUT2D eigenvalue weighted by Crippen LogP contribution is 2.44. The molecule has 0 aliphatic heterocycles. The maximum absolute atomic E-state index is 5.64. The number of hydrogen-bond acceptors (Lipinski definition) is 2. The molecule has 0 atom stereocenters. The fourth-order valence-corrected chi connectivity index (χ4v) is 1.73. The summed E-state index contributed by atoms with van der Waals surface area (Å²) in [6, 6.07) is 0.652. The van der Waals surface area contributed by atoms with Crippen molar-refractivity contribution in [3.8, 4) is 0 Å². The van der Waals surface area contributed by atoms with Gasteiger partial charge in [-0.25, -0.2) is 0 Å². The molecule has 0 radical (unpaired) electrons. The lowest BCUT2D eigenvalue weighted by molar-refractivity contribution is -0.0944. The van der Waals surface area contributed by atoms with Crippen molar-refractivity contribution in [3.05, 3.63) is 0 Å². The average molecular weight is 183 g/mol. The molecule has 0 spiro atoms. The average Bonchev–Trinajstić information content (AvgIpc) is 2.80. The van der Waals surface area contributed by atoms with Gasteiger partial charge in [0.25, 0.3) is 0 Å². The Morgan fingerprint density at radius 1 is 1.08 bits per heavy atom. The molecule has 0 amide bonds. The van der Waals surface area contributed by atoms with Crippen LogP contribution in [0.5, 0.6) is 0 Å². The van der Waals surface area contributed by atoms with Gasteiger partial charge in [0.1, 0.15) is 0 Å². The van der Waals surface area contributed by atoms with Crippen molar-refractivity contribution in [2.24, 2.45) is 11.8 Å². The SMILES string of the molecule is CC(C)(C)ONC(C1CC1)C1CC1. The molecule has 2 saturated carbocycles. The molecule has 0 aromatic rings. The molecule has 0 bridgehead atoms. The van der Waals surface area contributed by atoms with Crippen LogP contribution in [-0.4, -0.2) is 11.6 Å². The topological polar surface area (TPSA) is 21.3 Å². The van der Waals surface area contributed by atoms with E-state index in [1.54, 1.807) is 0 Å². The summed E-state index contributed by atoms with van der Waals surface area (Å²) in [5.41, 5.74) is 3.23.